The highest BCUT2D eigenvalue weighted by atomic mass is 35.5. The predicted octanol–water partition coefficient (Wildman–Crippen LogP) is 2.74. The molecule has 1 unspecified atom stereocenters. The van der Waals surface area contributed by atoms with Crippen LogP contribution in [0.1, 0.15) is 24.6 Å². The summed E-state index contributed by atoms with van der Waals surface area (Å²) in [6.45, 7) is 1.98. The first-order chi connectivity index (χ1) is 9.13. The molecule has 1 aromatic carbocycles. The molecule has 7 heteroatoms. The topological polar surface area (TPSA) is 86.9 Å². The third-order valence-corrected chi connectivity index (χ3v) is 2.93. The molecule has 0 saturated carbocycles. The van der Waals surface area contributed by atoms with Crippen molar-refractivity contribution >= 4 is 36.5 Å². The van der Waals surface area contributed by atoms with Crippen molar-refractivity contribution < 1.29 is 4.79 Å². The van der Waals surface area contributed by atoms with E-state index in [-0.39, 0.29) is 30.7 Å². The van der Waals surface area contributed by atoms with Gasteiger partial charge in [-0.1, -0.05) is 43.7 Å². The predicted molar refractivity (Wildman–Crippen MR) is 90.1 cm³/mol. The monoisotopic (exact) mass is 330 g/mol. The molecule has 5 nitrogen and oxygen atoms in total. The summed E-state index contributed by atoms with van der Waals surface area (Å²) < 4.78 is 1.20. The number of nitrogen functional groups attached to an aromatic ring is 1. The first-order valence-electron chi connectivity index (χ1n) is 6.34. The Hall–Kier alpha value is -1.56. The second-order valence-electron chi connectivity index (χ2n) is 4.47. The molecular formula is C14H20Cl2N4O. The fourth-order valence-corrected chi connectivity index (χ4v) is 1.91. The summed E-state index contributed by atoms with van der Waals surface area (Å²) in [4.78, 5) is 12.1. The maximum absolute atomic E-state index is 12.1. The lowest BCUT2D eigenvalue weighted by Crippen LogP contribution is -2.35. The lowest BCUT2D eigenvalue weighted by atomic mass is 10.1. The lowest BCUT2D eigenvalue weighted by Gasteiger charge is -2.09. The average Bonchev–Trinajstić information content (AvgIpc) is 2.81. The van der Waals surface area contributed by atoms with Crippen LogP contribution in [0.3, 0.4) is 0 Å². The third-order valence-electron chi connectivity index (χ3n) is 2.93. The van der Waals surface area contributed by atoms with Gasteiger partial charge in [0, 0.05) is 11.6 Å². The first kappa shape index (κ1) is 19.4. The van der Waals surface area contributed by atoms with Crippen LogP contribution >= 0.6 is 24.8 Å². The molecule has 2 aromatic rings. The van der Waals surface area contributed by atoms with E-state index in [0.717, 1.165) is 12.0 Å². The Morgan fingerprint density at radius 2 is 1.90 bits per heavy atom. The van der Waals surface area contributed by atoms with Crippen LogP contribution < -0.4 is 11.5 Å². The van der Waals surface area contributed by atoms with E-state index in [1.54, 1.807) is 6.07 Å². The normalized spacial score (nSPS) is 11.1. The van der Waals surface area contributed by atoms with E-state index in [1.165, 1.54) is 4.68 Å². The van der Waals surface area contributed by atoms with Crippen molar-refractivity contribution in [1.29, 1.82) is 0 Å². The van der Waals surface area contributed by atoms with Crippen LogP contribution in [0, 0.1) is 0 Å². The van der Waals surface area contributed by atoms with Gasteiger partial charge in [-0.05, 0) is 6.42 Å². The van der Waals surface area contributed by atoms with E-state index in [1.807, 2.05) is 37.3 Å². The molecule has 0 spiro atoms. The molecular weight excluding hydrogens is 311 g/mol. The van der Waals surface area contributed by atoms with Crippen molar-refractivity contribution in [2.45, 2.75) is 25.8 Å². The van der Waals surface area contributed by atoms with E-state index in [0.29, 0.717) is 17.9 Å². The zero-order chi connectivity index (χ0) is 13.8. The van der Waals surface area contributed by atoms with E-state index in [9.17, 15) is 4.79 Å². The molecule has 21 heavy (non-hydrogen) atoms. The minimum absolute atomic E-state index is 0. The van der Waals surface area contributed by atoms with Gasteiger partial charge in [-0.3, -0.25) is 4.79 Å². The number of rotatable bonds is 4. The van der Waals surface area contributed by atoms with Crippen LogP contribution in [0.2, 0.25) is 0 Å². The van der Waals surface area contributed by atoms with Crippen molar-refractivity contribution in [2.24, 2.45) is 5.73 Å². The second-order valence-corrected chi connectivity index (χ2v) is 4.47. The molecule has 1 heterocycles. The molecule has 1 atom stereocenters. The largest absolute Gasteiger partial charge is 0.383 e. The van der Waals surface area contributed by atoms with Gasteiger partial charge in [0.05, 0.1) is 11.7 Å². The zero-order valence-corrected chi connectivity index (χ0v) is 13.4. The molecule has 0 fully saturated rings. The number of carbonyl (C=O) groups excluding carboxylic acids is 1. The van der Waals surface area contributed by atoms with Crippen LogP contribution in [0.25, 0.3) is 11.3 Å². The Bertz CT molecular complexity index is 572. The number of halogens is 2. The maximum Gasteiger partial charge on any atom is 0.265 e. The summed E-state index contributed by atoms with van der Waals surface area (Å²) in [5.74, 6) is 0.0527. The van der Waals surface area contributed by atoms with Crippen LogP contribution in [-0.4, -0.2) is 21.7 Å². The van der Waals surface area contributed by atoms with Crippen LogP contribution in [0.5, 0.6) is 0 Å². The van der Waals surface area contributed by atoms with Crippen molar-refractivity contribution in [3.8, 4) is 11.3 Å². The number of nitrogens with zero attached hydrogens (tertiary/aromatic N) is 2. The van der Waals surface area contributed by atoms with E-state index < -0.39 is 6.04 Å². The Morgan fingerprint density at radius 3 is 2.48 bits per heavy atom. The second kappa shape index (κ2) is 8.67. The highest BCUT2D eigenvalue weighted by Gasteiger charge is 2.19. The number of hydrogen-bond acceptors (Lipinski definition) is 4. The van der Waals surface area contributed by atoms with Crippen LogP contribution in [0.15, 0.2) is 36.4 Å². The Labute approximate surface area is 136 Å². The first-order valence-corrected chi connectivity index (χ1v) is 6.34. The number of nitrogens with two attached hydrogens (primary N) is 2. The minimum atomic E-state index is -0.559. The van der Waals surface area contributed by atoms with Crippen molar-refractivity contribution in [2.75, 3.05) is 5.73 Å². The summed E-state index contributed by atoms with van der Waals surface area (Å²) in [6, 6.07) is 10.7. The molecule has 0 saturated heterocycles. The molecule has 4 N–H and O–H groups in total. The van der Waals surface area contributed by atoms with Gasteiger partial charge in [0.2, 0.25) is 0 Å². The molecule has 0 amide bonds. The van der Waals surface area contributed by atoms with Crippen molar-refractivity contribution in [3.63, 3.8) is 0 Å². The molecule has 1 aromatic heterocycles. The lowest BCUT2D eigenvalue weighted by molar-refractivity contribution is 0.0862. The molecule has 0 aliphatic carbocycles. The molecule has 0 radical (unpaired) electrons. The van der Waals surface area contributed by atoms with Gasteiger partial charge in [0.15, 0.2) is 0 Å². The van der Waals surface area contributed by atoms with Gasteiger partial charge < -0.3 is 11.5 Å². The van der Waals surface area contributed by atoms with Crippen LogP contribution in [-0.2, 0) is 0 Å². The standard InChI is InChI=1S/C14H18N4O.2ClH/c1-2-6-11(15)14(19)18-13(16)9-12(17-18)10-7-4-3-5-8-10;;/h3-5,7-9,11H,2,6,15-16H2,1H3;2*1H. The Morgan fingerprint density at radius 1 is 1.29 bits per heavy atom. The molecule has 2 rings (SSSR count). The molecule has 0 bridgehead atoms. The van der Waals surface area contributed by atoms with E-state index in [4.69, 9.17) is 11.5 Å². The van der Waals surface area contributed by atoms with Gasteiger partial charge in [0.25, 0.3) is 5.91 Å². The number of carbonyl (C=O) groups is 1. The summed E-state index contributed by atoms with van der Waals surface area (Å²) in [6.07, 6.45) is 1.47. The quantitative estimate of drug-likeness (QED) is 0.902. The number of benzene rings is 1. The molecule has 116 valence electrons. The summed E-state index contributed by atoms with van der Waals surface area (Å²) in [7, 11) is 0. The number of aromatic nitrogens is 2. The van der Waals surface area contributed by atoms with Gasteiger partial charge in [0.1, 0.15) is 5.82 Å². The maximum atomic E-state index is 12.1. The summed E-state index contributed by atoms with van der Waals surface area (Å²) in [5.41, 5.74) is 13.2. The Balaban J connectivity index is 0.00000200. The fraction of sp³-hybridized carbons (Fsp3) is 0.286. The van der Waals surface area contributed by atoms with Gasteiger partial charge in [-0.25, -0.2) is 0 Å². The van der Waals surface area contributed by atoms with E-state index in [2.05, 4.69) is 5.10 Å². The van der Waals surface area contributed by atoms with Gasteiger partial charge in [-0.2, -0.15) is 9.78 Å². The van der Waals surface area contributed by atoms with Gasteiger partial charge >= 0.3 is 0 Å². The van der Waals surface area contributed by atoms with E-state index >= 15 is 0 Å². The van der Waals surface area contributed by atoms with Crippen LogP contribution in [0.4, 0.5) is 5.82 Å². The van der Waals surface area contributed by atoms with Crippen molar-refractivity contribution in [1.82, 2.24) is 9.78 Å². The molecule has 0 aliphatic rings. The average molecular weight is 331 g/mol. The number of hydrogen-bond donors (Lipinski definition) is 2. The molecule has 0 aliphatic heterocycles. The summed E-state index contributed by atoms with van der Waals surface area (Å²) in [5, 5.41) is 4.25. The number of anilines is 1. The third kappa shape index (κ3) is 4.46. The Kier molecular flexibility index (Phi) is 8.02. The summed E-state index contributed by atoms with van der Waals surface area (Å²) >= 11 is 0. The minimum Gasteiger partial charge on any atom is -0.383 e. The SMILES string of the molecule is CCCC(N)C(=O)n1nc(-c2ccccc2)cc1N.Cl.Cl. The van der Waals surface area contributed by atoms with Crippen molar-refractivity contribution in [3.05, 3.63) is 36.4 Å². The highest BCUT2D eigenvalue weighted by molar-refractivity contribution is 5.87. The smallest absolute Gasteiger partial charge is 0.265 e. The zero-order valence-electron chi connectivity index (χ0n) is 11.7. The fourth-order valence-electron chi connectivity index (χ4n) is 1.91. The van der Waals surface area contributed by atoms with Gasteiger partial charge in [-0.15, -0.1) is 24.8 Å². The highest BCUT2D eigenvalue weighted by Crippen LogP contribution is 2.20.